The molecule has 7 nitrogen and oxygen atoms in total. The van der Waals surface area contributed by atoms with Gasteiger partial charge >= 0.3 is 0 Å². The molecule has 9 heteroatoms. The lowest BCUT2D eigenvalue weighted by molar-refractivity contribution is 0.102. The molecular weight excluding hydrogens is 362 g/mol. The van der Waals surface area contributed by atoms with Crippen molar-refractivity contribution in [3.63, 3.8) is 0 Å². The molecule has 0 saturated carbocycles. The first kappa shape index (κ1) is 15.6. The lowest BCUT2D eigenvalue weighted by Gasteiger charge is -2.10. The van der Waals surface area contributed by atoms with Crippen LogP contribution in [0, 0.1) is 0 Å². The van der Waals surface area contributed by atoms with Crippen LogP contribution in [0.5, 0.6) is 0 Å². The predicted octanol–water partition coefficient (Wildman–Crippen LogP) is 3.89. The third-order valence-corrected chi connectivity index (χ3v) is 4.43. The molecular formula is C16H10ClN5O2S. The van der Waals surface area contributed by atoms with Crippen molar-refractivity contribution >= 4 is 34.5 Å². The van der Waals surface area contributed by atoms with Gasteiger partial charge in [0.15, 0.2) is 10.8 Å². The molecule has 0 bridgehead atoms. The van der Waals surface area contributed by atoms with Gasteiger partial charge in [-0.15, -0.1) is 11.3 Å². The standard InChI is InChI=1S/C16H10ClN5O2S/c17-10-3-4-13(22-9-18-8-19-22)11(6-10)20-15(23)12-7-25-16(21-12)14-2-1-5-24-14/h1-9H,(H,20,23). The second kappa shape index (κ2) is 6.50. The van der Waals surface area contributed by atoms with Crippen LogP contribution in [0.1, 0.15) is 10.5 Å². The van der Waals surface area contributed by atoms with E-state index in [1.807, 2.05) is 0 Å². The third kappa shape index (κ3) is 3.17. The fourth-order valence-electron chi connectivity index (χ4n) is 2.22. The Morgan fingerprint density at radius 2 is 2.24 bits per heavy atom. The summed E-state index contributed by atoms with van der Waals surface area (Å²) in [7, 11) is 0. The molecule has 0 aliphatic carbocycles. The van der Waals surface area contributed by atoms with E-state index in [0.29, 0.717) is 32.9 Å². The molecule has 0 atom stereocenters. The molecule has 0 saturated heterocycles. The van der Waals surface area contributed by atoms with Gasteiger partial charge in [0.2, 0.25) is 0 Å². The van der Waals surface area contributed by atoms with Gasteiger partial charge in [-0.2, -0.15) is 5.10 Å². The highest BCUT2D eigenvalue weighted by molar-refractivity contribution is 7.13. The monoisotopic (exact) mass is 371 g/mol. The van der Waals surface area contributed by atoms with Crippen molar-refractivity contribution in [3.05, 3.63) is 65.3 Å². The summed E-state index contributed by atoms with van der Waals surface area (Å²) in [4.78, 5) is 20.8. The Morgan fingerprint density at radius 1 is 1.32 bits per heavy atom. The second-order valence-electron chi connectivity index (χ2n) is 4.97. The average Bonchev–Trinajstić information content (AvgIpc) is 3.35. The van der Waals surface area contributed by atoms with Crippen molar-refractivity contribution in [1.82, 2.24) is 19.7 Å². The molecule has 124 valence electrons. The summed E-state index contributed by atoms with van der Waals surface area (Å²) in [6.45, 7) is 0. The van der Waals surface area contributed by atoms with Crippen molar-refractivity contribution in [1.29, 1.82) is 0 Å². The molecule has 0 radical (unpaired) electrons. The van der Waals surface area contributed by atoms with Gasteiger partial charge in [-0.05, 0) is 30.3 Å². The van der Waals surface area contributed by atoms with Crippen molar-refractivity contribution in [3.8, 4) is 16.5 Å². The fraction of sp³-hybridized carbons (Fsp3) is 0. The molecule has 0 fully saturated rings. The number of benzene rings is 1. The number of hydrogen-bond donors (Lipinski definition) is 1. The Bertz CT molecular complexity index is 1010. The minimum Gasteiger partial charge on any atom is -0.462 e. The summed E-state index contributed by atoms with van der Waals surface area (Å²) in [6.07, 6.45) is 4.51. The summed E-state index contributed by atoms with van der Waals surface area (Å²) in [6, 6.07) is 8.68. The van der Waals surface area contributed by atoms with Gasteiger partial charge in [-0.1, -0.05) is 11.6 Å². The molecule has 4 rings (SSSR count). The number of thiazole rings is 1. The lowest BCUT2D eigenvalue weighted by Crippen LogP contribution is -2.14. The number of aromatic nitrogens is 4. The van der Waals surface area contributed by atoms with Crippen LogP contribution >= 0.6 is 22.9 Å². The summed E-state index contributed by atoms with van der Waals surface area (Å²) in [5, 5.41) is 9.70. The van der Waals surface area contributed by atoms with Gasteiger partial charge in [0.25, 0.3) is 5.91 Å². The van der Waals surface area contributed by atoms with E-state index in [9.17, 15) is 4.79 Å². The molecule has 3 aromatic heterocycles. The lowest BCUT2D eigenvalue weighted by atomic mass is 10.2. The van der Waals surface area contributed by atoms with E-state index in [-0.39, 0.29) is 5.91 Å². The molecule has 25 heavy (non-hydrogen) atoms. The Hall–Kier alpha value is -2.97. The minimum atomic E-state index is -0.349. The normalized spacial score (nSPS) is 10.8. The van der Waals surface area contributed by atoms with Crippen LogP contribution in [0.2, 0.25) is 5.02 Å². The predicted molar refractivity (Wildman–Crippen MR) is 94.1 cm³/mol. The van der Waals surface area contributed by atoms with Gasteiger partial charge < -0.3 is 9.73 Å². The van der Waals surface area contributed by atoms with Crippen molar-refractivity contribution < 1.29 is 9.21 Å². The van der Waals surface area contributed by atoms with Crippen molar-refractivity contribution in [2.24, 2.45) is 0 Å². The molecule has 3 heterocycles. The number of carbonyl (C=O) groups excluding carboxylic acids is 1. The van der Waals surface area contributed by atoms with E-state index in [0.717, 1.165) is 0 Å². The SMILES string of the molecule is O=C(Nc1cc(Cl)ccc1-n1cncn1)c1csc(-c2ccco2)n1. The van der Waals surface area contributed by atoms with Crippen LogP contribution in [-0.4, -0.2) is 25.7 Å². The molecule has 4 aromatic rings. The first-order chi connectivity index (χ1) is 12.2. The number of rotatable bonds is 4. The van der Waals surface area contributed by atoms with Crippen LogP contribution in [0.15, 0.2) is 59.0 Å². The van der Waals surface area contributed by atoms with Crippen molar-refractivity contribution in [2.75, 3.05) is 5.32 Å². The van der Waals surface area contributed by atoms with E-state index < -0.39 is 0 Å². The van der Waals surface area contributed by atoms with E-state index in [2.05, 4.69) is 20.4 Å². The maximum Gasteiger partial charge on any atom is 0.275 e. The topological polar surface area (TPSA) is 85.8 Å². The van der Waals surface area contributed by atoms with Gasteiger partial charge in [-0.3, -0.25) is 4.79 Å². The highest BCUT2D eigenvalue weighted by Crippen LogP contribution is 2.27. The number of furan rings is 1. The smallest absolute Gasteiger partial charge is 0.275 e. The Morgan fingerprint density at radius 3 is 3.00 bits per heavy atom. The number of anilines is 1. The molecule has 0 aliphatic rings. The minimum absolute atomic E-state index is 0.293. The largest absolute Gasteiger partial charge is 0.462 e. The summed E-state index contributed by atoms with van der Waals surface area (Å²) < 4.78 is 6.84. The molecule has 0 spiro atoms. The van der Waals surface area contributed by atoms with Gasteiger partial charge in [0.05, 0.1) is 17.6 Å². The van der Waals surface area contributed by atoms with E-state index in [1.54, 1.807) is 46.7 Å². The Kier molecular flexibility index (Phi) is 4.04. The van der Waals surface area contributed by atoms with Gasteiger partial charge in [0, 0.05) is 10.4 Å². The van der Waals surface area contributed by atoms with E-state index in [1.165, 1.54) is 24.0 Å². The number of carbonyl (C=O) groups is 1. The van der Waals surface area contributed by atoms with E-state index >= 15 is 0 Å². The molecule has 1 aromatic carbocycles. The second-order valence-corrected chi connectivity index (χ2v) is 6.27. The maximum atomic E-state index is 12.5. The first-order valence-electron chi connectivity index (χ1n) is 7.16. The zero-order valence-electron chi connectivity index (χ0n) is 12.6. The molecule has 0 unspecified atom stereocenters. The van der Waals surface area contributed by atoms with Gasteiger partial charge in [0.1, 0.15) is 18.3 Å². The summed E-state index contributed by atoms with van der Waals surface area (Å²) >= 11 is 7.39. The fourth-order valence-corrected chi connectivity index (χ4v) is 3.16. The molecule has 1 amide bonds. The number of nitrogens with one attached hydrogen (secondary N) is 1. The maximum absolute atomic E-state index is 12.5. The molecule has 1 N–H and O–H groups in total. The van der Waals surface area contributed by atoms with Crippen molar-refractivity contribution in [2.45, 2.75) is 0 Å². The zero-order valence-corrected chi connectivity index (χ0v) is 14.2. The highest BCUT2D eigenvalue weighted by Gasteiger charge is 2.16. The van der Waals surface area contributed by atoms with E-state index in [4.69, 9.17) is 16.0 Å². The van der Waals surface area contributed by atoms with Crippen LogP contribution in [0.3, 0.4) is 0 Å². The highest BCUT2D eigenvalue weighted by atomic mass is 35.5. The van der Waals surface area contributed by atoms with Gasteiger partial charge in [-0.25, -0.2) is 14.6 Å². The quantitative estimate of drug-likeness (QED) is 0.588. The third-order valence-electron chi connectivity index (χ3n) is 3.34. The summed E-state index contributed by atoms with van der Waals surface area (Å²) in [5.74, 6) is 0.271. The summed E-state index contributed by atoms with van der Waals surface area (Å²) in [5.41, 5.74) is 1.45. The first-order valence-corrected chi connectivity index (χ1v) is 8.42. The molecule has 0 aliphatic heterocycles. The van der Waals surface area contributed by atoms with Crippen LogP contribution in [0.4, 0.5) is 5.69 Å². The average molecular weight is 372 g/mol. The van der Waals surface area contributed by atoms with Crippen LogP contribution in [-0.2, 0) is 0 Å². The Balaban J connectivity index is 1.62. The van der Waals surface area contributed by atoms with Crippen LogP contribution < -0.4 is 5.32 Å². The zero-order chi connectivity index (χ0) is 17.2. The number of halogens is 1. The number of nitrogens with zero attached hydrogens (tertiary/aromatic N) is 4. The Labute approximate surface area is 150 Å². The number of amides is 1. The van der Waals surface area contributed by atoms with Crippen LogP contribution in [0.25, 0.3) is 16.5 Å². The number of hydrogen-bond acceptors (Lipinski definition) is 6.